The zero-order valence-electron chi connectivity index (χ0n) is 11.9. The molecule has 0 saturated carbocycles. The van der Waals surface area contributed by atoms with Crippen LogP contribution in [0.25, 0.3) is 0 Å². The fraction of sp³-hybridized carbons (Fsp3) is 0.235. The lowest BCUT2D eigenvalue weighted by atomic mass is 10.1. The summed E-state index contributed by atoms with van der Waals surface area (Å²) >= 11 is 0. The molecule has 2 rings (SSSR count). The van der Waals surface area contributed by atoms with Crippen LogP contribution in [0.4, 0.5) is 4.39 Å². The summed E-state index contributed by atoms with van der Waals surface area (Å²) < 4.78 is 18.5. The summed E-state index contributed by atoms with van der Waals surface area (Å²) in [4.78, 5) is 11.7. The molecule has 0 radical (unpaired) electrons. The van der Waals surface area contributed by atoms with Crippen LogP contribution in [0.2, 0.25) is 0 Å². The van der Waals surface area contributed by atoms with Crippen molar-refractivity contribution in [2.75, 3.05) is 13.2 Å². The third-order valence-electron chi connectivity index (χ3n) is 3.00. The number of ether oxygens (including phenoxy) is 1. The van der Waals surface area contributed by atoms with Crippen molar-refractivity contribution in [1.82, 2.24) is 5.32 Å². The topological polar surface area (TPSA) is 38.3 Å². The van der Waals surface area contributed by atoms with Crippen molar-refractivity contribution in [3.63, 3.8) is 0 Å². The van der Waals surface area contributed by atoms with Gasteiger partial charge in [0, 0.05) is 0 Å². The average molecular weight is 287 g/mol. The maximum atomic E-state index is 13.3. The van der Waals surface area contributed by atoms with Crippen LogP contribution >= 0.6 is 0 Å². The van der Waals surface area contributed by atoms with Crippen molar-refractivity contribution in [2.45, 2.75) is 13.3 Å². The summed E-state index contributed by atoms with van der Waals surface area (Å²) in [6.45, 7) is 2.59. The van der Waals surface area contributed by atoms with Gasteiger partial charge >= 0.3 is 0 Å². The summed E-state index contributed by atoms with van der Waals surface area (Å²) in [5, 5.41) is 2.75. The van der Waals surface area contributed by atoms with E-state index in [4.69, 9.17) is 4.74 Å². The number of rotatable bonds is 6. The van der Waals surface area contributed by atoms with Gasteiger partial charge in [-0.15, -0.1) is 0 Å². The Morgan fingerprint density at radius 1 is 1.14 bits per heavy atom. The van der Waals surface area contributed by atoms with E-state index in [9.17, 15) is 9.18 Å². The first-order valence-corrected chi connectivity index (χ1v) is 6.85. The number of carbonyl (C=O) groups is 1. The fourth-order valence-electron chi connectivity index (χ4n) is 1.87. The molecular formula is C17H18FNO2. The molecule has 110 valence electrons. The smallest absolute Gasteiger partial charge is 0.224 e. The van der Waals surface area contributed by atoms with E-state index in [-0.39, 0.29) is 18.3 Å². The Morgan fingerprint density at radius 2 is 1.86 bits per heavy atom. The minimum Gasteiger partial charge on any atom is -0.489 e. The van der Waals surface area contributed by atoms with Crippen molar-refractivity contribution in [3.05, 3.63) is 65.5 Å². The van der Waals surface area contributed by atoms with E-state index in [1.807, 2.05) is 31.2 Å². The van der Waals surface area contributed by atoms with E-state index in [0.717, 1.165) is 11.1 Å². The van der Waals surface area contributed by atoms with Crippen molar-refractivity contribution >= 4 is 5.91 Å². The van der Waals surface area contributed by atoms with Crippen LogP contribution < -0.4 is 10.1 Å². The summed E-state index contributed by atoms with van der Waals surface area (Å²) in [6.07, 6.45) is 0.333. The molecule has 0 bridgehead atoms. The Kier molecular flexibility index (Phi) is 5.32. The third-order valence-corrected chi connectivity index (χ3v) is 3.00. The number of nitrogens with one attached hydrogen (secondary N) is 1. The van der Waals surface area contributed by atoms with E-state index in [1.165, 1.54) is 6.07 Å². The number of amides is 1. The summed E-state index contributed by atoms with van der Waals surface area (Å²) in [6, 6.07) is 14.0. The van der Waals surface area contributed by atoms with Crippen molar-refractivity contribution in [1.29, 1.82) is 0 Å². The Labute approximate surface area is 123 Å². The first-order chi connectivity index (χ1) is 10.1. The van der Waals surface area contributed by atoms with Gasteiger partial charge in [0.05, 0.1) is 13.0 Å². The van der Waals surface area contributed by atoms with Gasteiger partial charge in [-0.1, -0.05) is 42.0 Å². The Hall–Kier alpha value is -2.36. The second-order valence-electron chi connectivity index (χ2n) is 4.79. The zero-order valence-corrected chi connectivity index (χ0v) is 11.9. The highest BCUT2D eigenvalue weighted by Gasteiger charge is 2.04. The standard InChI is InChI=1S/C17H18FNO2/c1-13-6-8-14(9-7-13)12-17(20)19-10-11-21-16-5-3-2-4-15(16)18/h2-9H,10-12H2,1H3,(H,19,20). The van der Waals surface area contributed by atoms with Crippen LogP contribution in [0, 0.1) is 12.7 Å². The SMILES string of the molecule is Cc1ccc(CC(=O)NCCOc2ccccc2F)cc1. The van der Waals surface area contributed by atoms with E-state index < -0.39 is 5.82 Å². The molecule has 0 saturated heterocycles. The van der Waals surface area contributed by atoms with Gasteiger partial charge < -0.3 is 10.1 Å². The van der Waals surface area contributed by atoms with Crippen LogP contribution in [0.3, 0.4) is 0 Å². The van der Waals surface area contributed by atoms with Gasteiger partial charge in [0.2, 0.25) is 5.91 Å². The molecule has 1 N–H and O–H groups in total. The van der Waals surface area contributed by atoms with E-state index in [0.29, 0.717) is 13.0 Å². The third kappa shape index (κ3) is 4.91. The average Bonchev–Trinajstić information content (AvgIpc) is 2.48. The van der Waals surface area contributed by atoms with Crippen LogP contribution in [-0.4, -0.2) is 19.1 Å². The number of hydrogen-bond acceptors (Lipinski definition) is 2. The molecule has 0 heterocycles. The highest BCUT2D eigenvalue weighted by atomic mass is 19.1. The molecule has 0 atom stereocenters. The normalized spacial score (nSPS) is 10.2. The molecule has 0 spiro atoms. The highest BCUT2D eigenvalue weighted by Crippen LogP contribution is 2.14. The molecule has 21 heavy (non-hydrogen) atoms. The van der Waals surface area contributed by atoms with Crippen LogP contribution in [-0.2, 0) is 11.2 Å². The zero-order chi connectivity index (χ0) is 15.1. The fourth-order valence-corrected chi connectivity index (χ4v) is 1.87. The van der Waals surface area contributed by atoms with Crippen LogP contribution in [0.5, 0.6) is 5.75 Å². The lowest BCUT2D eigenvalue weighted by molar-refractivity contribution is -0.120. The maximum absolute atomic E-state index is 13.3. The molecule has 0 fully saturated rings. The second kappa shape index (κ2) is 7.43. The lowest BCUT2D eigenvalue weighted by Gasteiger charge is -2.08. The van der Waals surface area contributed by atoms with Gasteiger partial charge in [0.15, 0.2) is 11.6 Å². The monoisotopic (exact) mass is 287 g/mol. The van der Waals surface area contributed by atoms with Crippen LogP contribution in [0.15, 0.2) is 48.5 Å². The molecule has 2 aromatic rings. The first-order valence-electron chi connectivity index (χ1n) is 6.85. The molecule has 0 aliphatic carbocycles. The number of para-hydroxylation sites is 1. The van der Waals surface area contributed by atoms with Crippen molar-refractivity contribution in [3.8, 4) is 5.75 Å². The molecule has 4 heteroatoms. The number of hydrogen-bond donors (Lipinski definition) is 1. The molecule has 3 nitrogen and oxygen atoms in total. The van der Waals surface area contributed by atoms with Gasteiger partial charge in [0.25, 0.3) is 0 Å². The number of benzene rings is 2. The quantitative estimate of drug-likeness (QED) is 0.830. The van der Waals surface area contributed by atoms with Crippen molar-refractivity contribution in [2.24, 2.45) is 0 Å². The Morgan fingerprint density at radius 3 is 2.57 bits per heavy atom. The van der Waals surface area contributed by atoms with Gasteiger partial charge in [-0.3, -0.25) is 4.79 Å². The van der Waals surface area contributed by atoms with E-state index >= 15 is 0 Å². The number of carbonyl (C=O) groups excluding carboxylic acids is 1. The Balaban J connectivity index is 1.70. The summed E-state index contributed by atoms with van der Waals surface area (Å²) in [5.41, 5.74) is 2.13. The maximum Gasteiger partial charge on any atom is 0.224 e. The van der Waals surface area contributed by atoms with Gasteiger partial charge in [-0.25, -0.2) is 4.39 Å². The predicted molar refractivity (Wildman–Crippen MR) is 79.8 cm³/mol. The predicted octanol–water partition coefficient (Wildman–Crippen LogP) is 2.87. The van der Waals surface area contributed by atoms with E-state index in [2.05, 4.69) is 5.32 Å². The van der Waals surface area contributed by atoms with Gasteiger partial charge in [-0.2, -0.15) is 0 Å². The first kappa shape index (κ1) is 15.0. The highest BCUT2D eigenvalue weighted by molar-refractivity contribution is 5.78. The molecule has 1 amide bonds. The Bertz CT molecular complexity index is 596. The molecule has 2 aromatic carbocycles. The summed E-state index contributed by atoms with van der Waals surface area (Å²) in [5.74, 6) is -0.273. The molecular weight excluding hydrogens is 269 g/mol. The minimum atomic E-state index is -0.400. The van der Waals surface area contributed by atoms with Gasteiger partial charge in [-0.05, 0) is 24.6 Å². The van der Waals surface area contributed by atoms with Gasteiger partial charge in [0.1, 0.15) is 6.61 Å². The van der Waals surface area contributed by atoms with Crippen molar-refractivity contribution < 1.29 is 13.9 Å². The second-order valence-corrected chi connectivity index (χ2v) is 4.79. The van der Waals surface area contributed by atoms with E-state index in [1.54, 1.807) is 18.2 Å². The largest absolute Gasteiger partial charge is 0.489 e. The summed E-state index contributed by atoms with van der Waals surface area (Å²) in [7, 11) is 0. The molecule has 0 aliphatic rings. The minimum absolute atomic E-state index is 0.0732. The number of halogens is 1. The molecule has 0 aliphatic heterocycles. The van der Waals surface area contributed by atoms with Crippen LogP contribution in [0.1, 0.15) is 11.1 Å². The molecule has 0 unspecified atom stereocenters. The number of aryl methyl sites for hydroxylation is 1. The molecule has 0 aromatic heterocycles. The lowest BCUT2D eigenvalue weighted by Crippen LogP contribution is -2.29.